The van der Waals surface area contributed by atoms with Crippen molar-refractivity contribution in [3.63, 3.8) is 0 Å². The van der Waals surface area contributed by atoms with E-state index in [1.165, 1.54) is 31.5 Å². The van der Waals surface area contributed by atoms with E-state index in [1.54, 1.807) is 12.0 Å². The lowest BCUT2D eigenvalue weighted by molar-refractivity contribution is -0.889. The Morgan fingerprint density at radius 1 is 0.957 bits per heavy atom. The molecule has 23 heavy (non-hydrogen) atoms. The molecule has 0 aromatic heterocycles. The van der Waals surface area contributed by atoms with Crippen LogP contribution in [0.1, 0.15) is 36.0 Å². The zero-order valence-electron chi connectivity index (χ0n) is 13.7. The molecule has 2 atom stereocenters. The Balaban J connectivity index is 1.83. The summed E-state index contributed by atoms with van der Waals surface area (Å²) in [5, 5.41) is 11.0. The van der Waals surface area contributed by atoms with Gasteiger partial charge in [-0.3, -0.25) is 0 Å². The second-order valence-electron chi connectivity index (χ2n) is 6.40. The zero-order chi connectivity index (χ0) is 16.1. The fraction of sp³-hybridized carbons (Fsp3) is 0.400. The first-order valence-electron chi connectivity index (χ1n) is 8.48. The van der Waals surface area contributed by atoms with Crippen molar-refractivity contribution < 1.29 is 14.7 Å². The van der Waals surface area contributed by atoms with Crippen LogP contribution in [0, 0.1) is 0 Å². The summed E-state index contributed by atoms with van der Waals surface area (Å²) in [5.41, 5.74) is 2.17. The van der Waals surface area contributed by atoms with Gasteiger partial charge in [0.1, 0.15) is 5.75 Å². The smallest absolute Gasteiger partial charge is 0.118 e. The van der Waals surface area contributed by atoms with Crippen molar-refractivity contribution in [3.8, 4) is 5.75 Å². The maximum absolute atomic E-state index is 11.0. The van der Waals surface area contributed by atoms with Crippen molar-refractivity contribution in [2.24, 2.45) is 0 Å². The van der Waals surface area contributed by atoms with Crippen LogP contribution in [0.15, 0.2) is 54.6 Å². The molecule has 2 N–H and O–H groups in total. The normalized spacial score (nSPS) is 17.8. The van der Waals surface area contributed by atoms with E-state index in [2.05, 4.69) is 24.3 Å². The Morgan fingerprint density at radius 2 is 1.61 bits per heavy atom. The van der Waals surface area contributed by atoms with Crippen LogP contribution in [0.25, 0.3) is 0 Å². The largest absolute Gasteiger partial charge is 0.497 e. The first kappa shape index (κ1) is 16.0. The number of rotatable bonds is 6. The molecule has 1 fully saturated rings. The highest BCUT2D eigenvalue weighted by Crippen LogP contribution is 2.31. The van der Waals surface area contributed by atoms with Crippen molar-refractivity contribution in [1.82, 2.24) is 0 Å². The summed E-state index contributed by atoms with van der Waals surface area (Å²) >= 11 is 0. The highest BCUT2D eigenvalue weighted by Gasteiger charge is 2.28. The molecule has 1 aliphatic rings. The van der Waals surface area contributed by atoms with Crippen LogP contribution in [0.3, 0.4) is 0 Å². The molecule has 3 rings (SSSR count). The third kappa shape index (κ3) is 3.92. The van der Waals surface area contributed by atoms with E-state index in [9.17, 15) is 5.11 Å². The number of methoxy groups -OCH3 is 1. The molecule has 0 unspecified atom stereocenters. The maximum Gasteiger partial charge on any atom is 0.118 e. The number of nitrogens with one attached hydrogen (secondary N) is 1. The van der Waals surface area contributed by atoms with Gasteiger partial charge in [0.15, 0.2) is 0 Å². The molecule has 0 bridgehead atoms. The van der Waals surface area contributed by atoms with E-state index in [0.717, 1.165) is 17.9 Å². The Labute approximate surface area is 138 Å². The third-order valence-electron chi connectivity index (χ3n) is 4.89. The van der Waals surface area contributed by atoms with Crippen molar-refractivity contribution in [2.45, 2.75) is 24.9 Å². The van der Waals surface area contributed by atoms with Gasteiger partial charge in [0, 0.05) is 12.8 Å². The Morgan fingerprint density at radius 3 is 2.22 bits per heavy atom. The summed E-state index contributed by atoms with van der Waals surface area (Å²) in [7, 11) is 1.66. The Hall–Kier alpha value is -1.84. The van der Waals surface area contributed by atoms with Gasteiger partial charge in [-0.15, -0.1) is 0 Å². The maximum atomic E-state index is 11.0. The SMILES string of the molecule is COc1ccc([C@H](O)[C@H](C[NH+]2CCCC2)c2ccccc2)cc1. The predicted octanol–water partition coefficient (Wildman–Crippen LogP) is 2.19. The van der Waals surface area contributed by atoms with Gasteiger partial charge in [0.2, 0.25) is 0 Å². The van der Waals surface area contributed by atoms with E-state index >= 15 is 0 Å². The summed E-state index contributed by atoms with van der Waals surface area (Å²) in [6, 6.07) is 18.2. The standard InChI is InChI=1S/C20H25NO2/c1-23-18-11-9-17(10-12-18)20(22)19(15-21-13-5-6-14-21)16-7-3-2-4-8-16/h2-4,7-12,19-20,22H,5-6,13-15H2,1H3/p+1/t19-,20+/m1/s1. The van der Waals surface area contributed by atoms with Crippen LogP contribution in [0.5, 0.6) is 5.75 Å². The van der Waals surface area contributed by atoms with Gasteiger partial charge in [-0.2, -0.15) is 0 Å². The lowest BCUT2D eigenvalue weighted by atomic mass is 9.88. The molecule has 3 heteroatoms. The number of hydrogen-bond acceptors (Lipinski definition) is 2. The number of aliphatic hydroxyl groups is 1. The third-order valence-corrected chi connectivity index (χ3v) is 4.89. The van der Waals surface area contributed by atoms with Crippen LogP contribution in [-0.4, -0.2) is 31.9 Å². The Kier molecular flexibility index (Phi) is 5.31. The molecule has 1 heterocycles. The van der Waals surface area contributed by atoms with E-state index in [4.69, 9.17) is 4.74 Å². The lowest BCUT2D eigenvalue weighted by Crippen LogP contribution is -3.10. The van der Waals surface area contributed by atoms with Gasteiger partial charge in [-0.25, -0.2) is 0 Å². The summed E-state index contributed by atoms with van der Waals surface area (Å²) in [4.78, 5) is 1.60. The fourth-order valence-electron chi connectivity index (χ4n) is 3.54. The average molecular weight is 312 g/mol. The van der Waals surface area contributed by atoms with Crippen molar-refractivity contribution in [3.05, 3.63) is 65.7 Å². The van der Waals surface area contributed by atoms with E-state index < -0.39 is 6.10 Å². The second kappa shape index (κ2) is 7.62. The van der Waals surface area contributed by atoms with Gasteiger partial charge in [-0.1, -0.05) is 42.5 Å². The minimum absolute atomic E-state index is 0.123. The summed E-state index contributed by atoms with van der Waals surface area (Å²) in [6.45, 7) is 3.43. The monoisotopic (exact) mass is 312 g/mol. The van der Waals surface area contributed by atoms with Crippen molar-refractivity contribution in [2.75, 3.05) is 26.7 Å². The summed E-state index contributed by atoms with van der Waals surface area (Å²) in [6.07, 6.45) is 2.11. The average Bonchev–Trinajstić information content (AvgIpc) is 3.13. The topological polar surface area (TPSA) is 33.9 Å². The van der Waals surface area contributed by atoms with Crippen LogP contribution >= 0.6 is 0 Å². The second-order valence-corrected chi connectivity index (χ2v) is 6.40. The van der Waals surface area contributed by atoms with Gasteiger partial charge in [0.25, 0.3) is 0 Å². The van der Waals surface area contributed by atoms with Crippen molar-refractivity contribution >= 4 is 0 Å². The molecule has 0 aliphatic carbocycles. The minimum Gasteiger partial charge on any atom is -0.497 e. The van der Waals surface area contributed by atoms with Crippen LogP contribution in [0.4, 0.5) is 0 Å². The number of hydrogen-bond donors (Lipinski definition) is 2. The van der Waals surface area contributed by atoms with Gasteiger partial charge in [-0.05, 0) is 23.3 Å². The van der Waals surface area contributed by atoms with E-state index in [1.807, 2.05) is 30.3 Å². The molecule has 0 spiro atoms. The zero-order valence-corrected chi connectivity index (χ0v) is 13.7. The van der Waals surface area contributed by atoms with Gasteiger partial charge in [0.05, 0.1) is 38.8 Å². The van der Waals surface area contributed by atoms with E-state index in [-0.39, 0.29) is 5.92 Å². The van der Waals surface area contributed by atoms with Gasteiger partial charge >= 0.3 is 0 Å². The molecule has 2 aromatic carbocycles. The molecule has 122 valence electrons. The molecular formula is C20H26NO2+. The number of likely N-dealkylation sites (tertiary alicyclic amines) is 1. The fourth-order valence-corrected chi connectivity index (χ4v) is 3.54. The lowest BCUT2D eigenvalue weighted by Gasteiger charge is -2.26. The Bertz CT molecular complexity index is 591. The molecule has 2 aromatic rings. The number of aliphatic hydroxyl groups excluding tert-OH is 1. The van der Waals surface area contributed by atoms with Crippen LogP contribution in [-0.2, 0) is 0 Å². The van der Waals surface area contributed by atoms with Gasteiger partial charge < -0.3 is 14.7 Å². The van der Waals surface area contributed by atoms with E-state index in [0.29, 0.717) is 0 Å². The summed E-state index contributed by atoms with van der Waals surface area (Å²) < 4.78 is 5.22. The molecule has 1 aliphatic heterocycles. The molecule has 0 amide bonds. The number of quaternary nitrogens is 1. The highest BCUT2D eigenvalue weighted by atomic mass is 16.5. The van der Waals surface area contributed by atoms with Crippen molar-refractivity contribution in [1.29, 1.82) is 0 Å². The highest BCUT2D eigenvalue weighted by molar-refractivity contribution is 5.31. The first-order chi connectivity index (χ1) is 11.3. The molecule has 0 radical (unpaired) electrons. The van der Waals surface area contributed by atoms with Crippen LogP contribution < -0.4 is 9.64 Å². The number of benzene rings is 2. The number of ether oxygens (including phenoxy) is 1. The quantitative estimate of drug-likeness (QED) is 0.857. The van der Waals surface area contributed by atoms with Crippen LogP contribution in [0.2, 0.25) is 0 Å². The minimum atomic E-state index is -0.489. The summed E-state index contributed by atoms with van der Waals surface area (Å²) in [5.74, 6) is 0.945. The molecule has 1 saturated heterocycles. The molecule has 3 nitrogen and oxygen atoms in total. The predicted molar refractivity (Wildman–Crippen MR) is 91.9 cm³/mol. The first-order valence-corrected chi connectivity index (χ1v) is 8.48. The molecular weight excluding hydrogens is 286 g/mol. The molecule has 0 saturated carbocycles.